The standard InChI is InChI=1S/C73H54N4/c1-3-15-55(16-4-1)56-37-39-57(40-38-56)67-48-60(71-49-68-66-21-9-10-24-72(66)77(73(68)50-76-71)62-17-5-2-6-18-62)41-42-65(67)64-20-8-7-19-63(64)61-46-53(27-25-51-29-33-58(34-30-51)69-22-11-13-43-74-69)45-54(47-61)28-26-52-31-35-59(36-32-52)70-23-12-14-44-75-70/h1-24,29-50H,25-28H2. The van der Waals surface area contributed by atoms with Gasteiger partial charge in [0.25, 0.3) is 0 Å². The molecule has 0 aliphatic heterocycles. The van der Waals surface area contributed by atoms with E-state index in [0.29, 0.717) is 0 Å². The monoisotopic (exact) mass is 986 g/mol. The van der Waals surface area contributed by atoms with Crippen molar-refractivity contribution in [2.75, 3.05) is 0 Å². The number of aromatic nitrogens is 4. The zero-order chi connectivity index (χ0) is 51.3. The summed E-state index contributed by atoms with van der Waals surface area (Å²) < 4.78 is 2.32. The average molecular weight is 987 g/mol. The lowest BCUT2D eigenvalue weighted by atomic mass is 9.86. The van der Waals surface area contributed by atoms with Crippen molar-refractivity contribution in [1.29, 1.82) is 0 Å². The van der Waals surface area contributed by atoms with Gasteiger partial charge in [0.05, 0.1) is 34.3 Å². The molecule has 0 saturated heterocycles. The highest BCUT2D eigenvalue weighted by Crippen LogP contribution is 2.42. The maximum atomic E-state index is 5.22. The molecule has 0 atom stereocenters. The van der Waals surface area contributed by atoms with E-state index >= 15 is 0 Å². The van der Waals surface area contributed by atoms with Gasteiger partial charge in [0.2, 0.25) is 0 Å². The molecule has 0 aliphatic carbocycles. The SMILES string of the molecule is c1ccc(-c2ccc(-c3cc(-c4cc5c6ccccc6n(-c6ccccc6)c5cn4)ccc3-c3ccccc3-c3cc(CCc4ccc(-c5ccccn5)cc4)cc(CCc4ccc(-c5ccccn5)cc4)c3)cc2)cc1. The zero-order valence-electron chi connectivity index (χ0n) is 42.7. The topological polar surface area (TPSA) is 43.6 Å². The second kappa shape index (κ2) is 21.2. The van der Waals surface area contributed by atoms with E-state index in [2.05, 4.69) is 251 Å². The molecule has 4 aromatic heterocycles. The number of hydrogen-bond acceptors (Lipinski definition) is 3. The van der Waals surface area contributed by atoms with Gasteiger partial charge >= 0.3 is 0 Å². The van der Waals surface area contributed by atoms with Gasteiger partial charge < -0.3 is 4.57 Å². The van der Waals surface area contributed by atoms with Crippen LogP contribution in [-0.4, -0.2) is 19.5 Å². The van der Waals surface area contributed by atoms with Crippen LogP contribution in [0.1, 0.15) is 22.3 Å². The summed E-state index contributed by atoms with van der Waals surface area (Å²) in [6, 6.07) is 94.4. The van der Waals surface area contributed by atoms with E-state index in [1.807, 2.05) is 42.9 Å². The van der Waals surface area contributed by atoms with Crippen LogP contribution in [0.15, 0.2) is 279 Å². The lowest BCUT2D eigenvalue weighted by Crippen LogP contribution is -1.98. The number of benzene rings is 9. The lowest BCUT2D eigenvalue weighted by molar-refractivity contribution is 0.931. The van der Waals surface area contributed by atoms with Crippen molar-refractivity contribution in [3.63, 3.8) is 0 Å². The fraction of sp³-hybridized carbons (Fsp3) is 0.0548. The first-order valence-corrected chi connectivity index (χ1v) is 26.6. The minimum atomic E-state index is 0.916. The lowest BCUT2D eigenvalue weighted by Gasteiger charge is -2.18. The van der Waals surface area contributed by atoms with E-state index in [0.717, 1.165) is 87.3 Å². The molecule has 0 fully saturated rings. The van der Waals surface area contributed by atoms with E-state index < -0.39 is 0 Å². The molecule has 9 aromatic carbocycles. The Labute approximate surface area is 450 Å². The number of hydrogen-bond donors (Lipinski definition) is 0. The minimum absolute atomic E-state index is 0.916. The van der Waals surface area contributed by atoms with E-state index in [1.54, 1.807) is 0 Å². The van der Waals surface area contributed by atoms with Crippen LogP contribution in [0, 0.1) is 0 Å². The summed E-state index contributed by atoms with van der Waals surface area (Å²) in [6.07, 6.45) is 9.45. The summed E-state index contributed by atoms with van der Waals surface area (Å²) in [6.45, 7) is 0. The third-order valence-electron chi connectivity index (χ3n) is 15.0. The maximum absolute atomic E-state index is 5.22. The van der Waals surface area contributed by atoms with Crippen molar-refractivity contribution in [2.45, 2.75) is 25.7 Å². The molecule has 366 valence electrons. The highest BCUT2D eigenvalue weighted by molar-refractivity contribution is 6.10. The van der Waals surface area contributed by atoms with Gasteiger partial charge in [-0.1, -0.05) is 206 Å². The summed E-state index contributed by atoms with van der Waals surface area (Å²) in [5, 5.41) is 2.38. The largest absolute Gasteiger partial charge is 0.308 e. The highest BCUT2D eigenvalue weighted by atomic mass is 15.0. The van der Waals surface area contributed by atoms with Gasteiger partial charge in [-0.05, 0) is 147 Å². The number of aryl methyl sites for hydroxylation is 4. The van der Waals surface area contributed by atoms with Gasteiger partial charge in [0, 0.05) is 45.5 Å². The normalized spacial score (nSPS) is 11.3. The van der Waals surface area contributed by atoms with E-state index in [9.17, 15) is 0 Å². The Hall–Kier alpha value is -9.77. The molecule has 0 N–H and O–H groups in total. The number of rotatable bonds is 14. The fourth-order valence-electron chi connectivity index (χ4n) is 11.0. The van der Waals surface area contributed by atoms with Crippen LogP contribution in [0.2, 0.25) is 0 Å². The van der Waals surface area contributed by atoms with Gasteiger partial charge in [-0.2, -0.15) is 0 Å². The molecule has 0 spiro atoms. The van der Waals surface area contributed by atoms with Crippen molar-refractivity contribution >= 4 is 21.8 Å². The van der Waals surface area contributed by atoms with Crippen molar-refractivity contribution in [2.24, 2.45) is 0 Å². The number of fused-ring (bicyclic) bond motifs is 3. The Balaban J connectivity index is 0.895. The average Bonchev–Trinajstić information content (AvgIpc) is 3.86. The smallest absolute Gasteiger partial charge is 0.0724 e. The molecule has 4 nitrogen and oxygen atoms in total. The van der Waals surface area contributed by atoms with Gasteiger partial charge in [-0.3, -0.25) is 15.0 Å². The van der Waals surface area contributed by atoms with Crippen molar-refractivity contribution in [1.82, 2.24) is 19.5 Å². The molecule has 13 aromatic rings. The second-order valence-corrected chi connectivity index (χ2v) is 19.9. The number of nitrogens with zero attached hydrogens (tertiary/aromatic N) is 4. The van der Waals surface area contributed by atoms with Crippen molar-refractivity contribution < 1.29 is 0 Å². The first kappa shape index (κ1) is 47.0. The quantitative estimate of drug-likeness (QED) is 0.109. The Morgan fingerprint density at radius 2 is 0.766 bits per heavy atom. The summed E-state index contributed by atoms with van der Waals surface area (Å²) in [7, 11) is 0. The molecule has 0 unspecified atom stereocenters. The van der Waals surface area contributed by atoms with Crippen LogP contribution in [0.4, 0.5) is 0 Å². The highest BCUT2D eigenvalue weighted by Gasteiger charge is 2.19. The Kier molecular flexibility index (Phi) is 12.9. The third kappa shape index (κ3) is 9.89. The number of pyridine rings is 3. The van der Waals surface area contributed by atoms with Crippen LogP contribution in [-0.2, 0) is 25.7 Å². The first-order valence-electron chi connectivity index (χ1n) is 26.6. The molecule has 0 radical (unpaired) electrons. The minimum Gasteiger partial charge on any atom is -0.308 e. The molecule has 0 amide bonds. The van der Waals surface area contributed by atoms with Crippen LogP contribution in [0.25, 0.3) is 106 Å². The van der Waals surface area contributed by atoms with Crippen molar-refractivity contribution in [3.05, 3.63) is 302 Å². The summed E-state index contributed by atoms with van der Waals surface area (Å²) in [4.78, 5) is 14.4. The Morgan fingerprint density at radius 1 is 0.260 bits per heavy atom. The van der Waals surface area contributed by atoms with Crippen LogP contribution in [0.5, 0.6) is 0 Å². The molecular weight excluding hydrogens is 933 g/mol. The molecule has 4 heteroatoms. The first-order chi connectivity index (χ1) is 38.1. The summed E-state index contributed by atoms with van der Waals surface area (Å²) in [5.74, 6) is 0. The van der Waals surface area contributed by atoms with E-state index in [4.69, 9.17) is 4.98 Å². The van der Waals surface area contributed by atoms with E-state index in [1.165, 1.54) is 66.4 Å². The summed E-state index contributed by atoms with van der Waals surface area (Å²) >= 11 is 0. The molecule has 4 heterocycles. The predicted molar refractivity (Wildman–Crippen MR) is 320 cm³/mol. The van der Waals surface area contributed by atoms with Gasteiger partial charge in [-0.15, -0.1) is 0 Å². The Bertz CT molecular complexity index is 4050. The molecule has 0 saturated carbocycles. The van der Waals surface area contributed by atoms with Crippen LogP contribution in [0.3, 0.4) is 0 Å². The van der Waals surface area contributed by atoms with Gasteiger partial charge in [-0.25, -0.2) is 0 Å². The maximum Gasteiger partial charge on any atom is 0.0724 e. The number of para-hydroxylation sites is 2. The zero-order valence-corrected chi connectivity index (χ0v) is 42.7. The van der Waals surface area contributed by atoms with Gasteiger partial charge in [0.1, 0.15) is 0 Å². The second-order valence-electron chi connectivity index (χ2n) is 19.9. The Morgan fingerprint density at radius 3 is 1.40 bits per heavy atom. The van der Waals surface area contributed by atoms with Crippen LogP contribution < -0.4 is 0 Å². The molecule has 0 bridgehead atoms. The van der Waals surface area contributed by atoms with Gasteiger partial charge in [0.15, 0.2) is 0 Å². The molecular formula is C73H54N4. The third-order valence-corrected chi connectivity index (χ3v) is 15.0. The molecule has 0 aliphatic rings. The summed E-state index contributed by atoms with van der Waals surface area (Å²) in [5.41, 5.74) is 24.4. The van der Waals surface area contributed by atoms with Crippen molar-refractivity contribution in [3.8, 4) is 84.0 Å². The molecule has 77 heavy (non-hydrogen) atoms. The predicted octanol–water partition coefficient (Wildman–Crippen LogP) is 18.2. The fourth-order valence-corrected chi connectivity index (χ4v) is 11.0. The van der Waals surface area contributed by atoms with E-state index in [-0.39, 0.29) is 0 Å². The molecule has 13 rings (SSSR count). The van der Waals surface area contributed by atoms with Crippen LogP contribution >= 0.6 is 0 Å².